The van der Waals surface area contributed by atoms with Crippen LogP contribution in [0.15, 0.2) is 0 Å². The summed E-state index contributed by atoms with van der Waals surface area (Å²) in [4.78, 5) is 20.9. The fourth-order valence-corrected chi connectivity index (χ4v) is 0.562. The van der Waals surface area contributed by atoms with Gasteiger partial charge in [0.25, 0.3) is 0 Å². The molecule has 5 heteroatoms. The third-order valence-electron chi connectivity index (χ3n) is 1.06. The molecule has 0 fully saturated rings. The van der Waals surface area contributed by atoms with E-state index in [1.165, 1.54) is 6.92 Å². The molecule has 0 aromatic heterocycles. The first-order valence-electron chi connectivity index (χ1n) is 3.69. The Labute approximate surface area is 65.4 Å². The van der Waals surface area contributed by atoms with Crippen LogP contribution in [0.3, 0.4) is 0 Å². The van der Waals surface area contributed by atoms with Gasteiger partial charge in [-0.2, -0.15) is 0 Å². The molecule has 0 bridgehead atoms. The van der Waals surface area contributed by atoms with E-state index >= 15 is 0 Å². The summed E-state index contributed by atoms with van der Waals surface area (Å²) in [5.74, 6) is -2.03. The predicted molar refractivity (Wildman–Crippen MR) is 36.9 cm³/mol. The summed E-state index contributed by atoms with van der Waals surface area (Å²) >= 11 is 0. The van der Waals surface area contributed by atoms with Gasteiger partial charge in [0.15, 0.2) is 6.04 Å². The van der Waals surface area contributed by atoms with Gasteiger partial charge in [0.1, 0.15) is 0 Å². The van der Waals surface area contributed by atoms with Crippen LogP contribution in [-0.4, -0.2) is 34.2 Å². The van der Waals surface area contributed by atoms with E-state index in [9.17, 15) is 9.59 Å². The Bertz CT molecular complexity index is 182. The standard InChI is InChI=1S/C6H11NO4/c1-3(8)5(6(10)11)7-4(2)9/h3,5,8H,1-2H3,(H,7,9)(H,10,11)/t3-,5+/m1/s1/i2D. The fraction of sp³-hybridized carbons (Fsp3) is 0.667. The van der Waals surface area contributed by atoms with Crippen LogP contribution in [0.2, 0.25) is 0 Å². The van der Waals surface area contributed by atoms with E-state index in [0.29, 0.717) is 0 Å². The molecule has 0 saturated heterocycles. The Hall–Kier alpha value is -1.10. The van der Waals surface area contributed by atoms with Gasteiger partial charge in [-0.1, -0.05) is 0 Å². The smallest absolute Gasteiger partial charge is 0.328 e. The lowest BCUT2D eigenvalue weighted by Crippen LogP contribution is -2.46. The predicted octanol–water partition coefficient (Wildman–Crippen LogP) is -1.04. The number of amides is 1. The second-order valence-electron chi connectivity index (χ2n) is 2.12. The second kappa shape index (κ2) is 3.92. The van der Waals surface area contributed by atoms with E-state index in [1.54, 1.807) is 0 Å². The fourth-order valence-electron chi connectivity index (χ4n) is 0.562. The number of aliphatic hydroxyl groups is 1. The minimum atomic E-state index is -1.33. The highest BCUT2D eigenvalue weighted by Crippen LogP contribution is 1.91. The SMILES string of the molecule is [2H]CC(=O)N[C@H](C(=O)O)[C@@H](C)O. The minimum absolute atomic E-state index is 0.545. The van der Waals surface area contributed by atoms with Crippen molar-refractivity contribution in [3.63, 3.8) is 0 Å². The normalized spacial score (nSPS) is 16.4. The maximum absolute atomic E-state index is 10.6. The summed E-state index contributed by atoms with van der Waals surface area (Å²) in [6.45, 7) is 0.708. The average Bonchev–Trinajstić information content (AvgIpc) is 1.98. The Morgan fingerprint density at radius 2 is 2.18 bits per heavy atom. The van der Waals surface area contributed by atoms with Gasteiger partial charge in [-0.25, -0.2) is 4.79 Å². The van der Waals surface area contributed by atoms with E-state index in [4.69, 9.17) is 11.6 Å². The molecule has 0 saturated carbocycles. The first-order chi connectivity index (χ1) is 5.49. The van der Waals surface area contributed by atoms with Crippen molar-refractivity contribution in [2.45, 2.75) is 26.0 Å². The zero-order valence-electron chi connectivity index (χ0n) is 7.07. The third-order valence-corrected chi connectivity index (χ3v) is 1.06. The van der Waals surface area contributed by atoms with E-state index in [2.05, 4.69) is 0 Å². The van der Waals surface area contributed by atoms with Crippen molar-refractivity contribution < 1.29 is 21.2 Å². The highest BCUT2D eigenvalue weighted by atomic mass is 16.4. The van der Waals surface area contributed by atoms with E-state index < -0.39 is 30.9 Å². The van der Waals surface area contributed by atoms with Crippen LogP contribution in [0.25, 0.3) is 0 Å². The zero-order valence-corrected chi connectivity index (χ0v) is 6.07. The molecule has 11 heavy (non-hydrogen) atoms. The molecule has 2 atom stereocenters. The van der Waals surface area contributed by atoms with E-state index in [1.807, 2.05) is 5.32 Å². The maximum Gasteiger partial charge on any atom is 0.328 e. The highest BCUT2D eigenvalue weighted by molar-refractivity contribution is 5.82. The molecular weight excluding hydrogens is 150 g/mol. The number of nitrogens with one attached hydrogen (secondary N) is 1. The number of hydrogen-bond acceptors (Lipinski definition) is 3. The van der Waals surface area contributed by atoms with Crippen molar-refractivity contribution in [1.82, 2.24) is 5.32 Å². The summed E-state index contributed by atoms with van der Waals surface area (Å²) in [6, 6.07) is -1.33. The van der Waals surface area contributed by atoms with Crippen molar-refractivity contribution in [2.75, 3.05) is 0 Å². The Balaban J connectivity index is 4.14. The number of aliphatic hydroxyl groups excluding tert-OH is 1. The highest BCUT2D eigenvalue weighted by Gasteiger charge is 2.23. The summed E-state index contributed by atoms with van der Waals surface area (Å²) < 4.78 is 6.60. The van der Waals surface area contributed by atoms with Gasteiger partial charge in [-0.3, -0.25) is 4.79 Å². The number of carboxylic acids is 1. The first kappa shape index (κ1) is 8.00. The Morgan fingerprint density at radius 1 is 1.64 bits per heavy atom. The lowest BCUT2D eigenvalue weighted by molar-refractivity contribution is -0.144. The van der Waals surface area contributed by atoms with Gasteiger partial charge in [0, 0.05) is 8.27 Å². The molecule has 0 aromatic carbocycles. The molecule has 3 N–H and O–H groups in total. The number of carbonyl (C=O) groups excluding carboxylic acids is 1. The summed E-state index contributed by atoms with van der Waals surface area (Å²) in [7, 11) is 0. The van der Waals surface area contributed by atoms with Crippen molar-refractivity contribution in [3.8, 4) is 0 Å². The number of aliphatic carboxylic acids is 1. The largest absolute Gasteiger partial charge is 0.480 e. The molecule has 5 nitrogen and oxygen atoms in total. The van der Waals surface area contributed by atoms with Crippen molar-refractivity contribution in [1.29, 1.82) is 0 Å². The topological polar surface area (TPSA) is 86.6 Å². The average molecular weight is 162 g/mol. The minimum Gasteiger partial charge on any atom is -0.480 e. The molecule has 0 radical (unpaired) electrons. The van der Waals surface area contributed by atoms with Crippen LogP contribution in [0, 0.1) is 0 Å². The molecule has 1 amide bonds. The van der Waals surface area contributed by atoms with Crippen LogP contribution >= 0.6 is 0 Å². The molecule has 0 aliphatic heterocycles. The zero-order chi connectivity index (χ0) is 9.72. The van der Waals surface area contributed by atoms with Crippen LogP contribution in [-0.2, 0) is 9.59 Å². The molecular formula is C6H11NO4. The van der Waals surface area contributed by atoms with E-state index in [-0.39, 0.29) is 0 Å². The second-order valence-corrected chi connectivity index (χ2v) is 2.12. The quantitative estimate of drug-likeness (QED) is 0.494. The molecule has 0 unspecified atom stereocenters. The van der Waals surface area contributed by atoms with Crippen LogP contribution in [0.4, 0.5) is 0 Å². The summed E-state index contributed by atoms with van der Waals surface area (Å²) in [5, 5.41) is 19.3. The van der Waals surface area contributed by atoms with Gasteiger partial charge in [-0.15, -0.1) is 0 Å². The van der Waals surface area contributed by atoms with Crippen LogP contribution in [0.1, 0.15) is 15.2 Å². The van der Waals surface area contributed by atoms with Crippen molar-refractivity contribution in [2.24, 2.45) is 0 Å². The molecule has 64 valence electrons. The number of carbonyl (C=O) groups is 2. The number of hydrogen-bond donors (Lipinski definition) is 3. The maximum atomic E-state index is 10.6. The summed E-state index contributed by atoms with van der Waals surface area (Å²) in [6.07, 6.45) is -1.17. The molecule has 0 rings (SSSR count). The molecule has 0 aromatic rings. The van der Waals surface area contributed by atoms with Crippen LogP contribution in [0.5, 0.6) is 0 Å². The Kier molecular flexibility index (Phi) is 2.85. The molecule has 0 spiro atoms. The van der Waals surface area contributed by atoms with Gasteiger partial charge in [0.05, 0.1) is 6.10 Å². The van der Waals surface area contributed by atoms with Gasteiger partial charge in [-0.05, 0) is 6.92 Å². The third kappa shape index (κ3) is 3.57. The monoisotopic (exact) mass is 162 g/mol. The van der Waals surface area contributed by atoms with Gasteiger partial charge < -0.3 is 15.5 Å². The molecule has 0 aliphatic carbocycles. The summed E-state index contributed by atoms with van der Waals surface area (Å²) in [5.41, 5.74) is 0. The van der Waals surface area contributed by atoms with Gasteiger partial charge >= 0.3 is 5.97 Å². The van der Waals surface area contributed by atoms with Crippen LogP contribution < -0.4 is 5.32 Å². The number of carboxylic acid groups (broad SMARTS) is 1. The van der Waals surface area contributed by atoms with E-state index in [0.717, 1.165) is 0 Å². The lowest BCUT2D eigenvalue weighted by atomic mass is 10.2. The Morgan fingerprint density at radius 3 is 2.45 bits per heavy atom. The molecule has 0 heterocycles. The van der Waals surface area contributed by atoms with Gasteiger partial charge in [0.2, 0.25) is 5.91 Å². The van der Waals surface area contributed by atoms with Crippen molar-refractivity contribution >= 4 is 11.9 Å². The first-order valence-corrected chi connectivity index (χ1v) is 2.98. The number of rotatable bonds is 3. The lowest BCUT2D eigenvalue weighted by Gasteiger charge is -2.15. The van der Waals surface area contributed by atoms with Crippen molar-refractivity contribution in [3.05, 3.63) is 0 Å². The molecule has 0 aliphatic rings.